The Hall–Kier alpha value is -3.68. The number of benzene rings is 2. The average molecular weight is 425 g/mol. The first kappa shape index (κ1) is 23.6. The number of carbonyl (C=O) groups is 3. The SMILES string of the molecule is CCN(CC)C(=O)C(=O)N/N=C\c1ccc(OCC(=O)NCCc2ccccc2)cc1. The third-order valence-electron chi connectivity index (χ3n) is 4.45. The molecule has 8 heteroatoms. The van der Waals surface area contributed by atoms with Crippen LogP contribution in [0.5, 0.6) is 5.75 Å². The number of nitrogens with one attached hydrogen (secondary N) is 2. The van der Waals surface area contributed by atoms with Crippen LogP contribution in [0, 0.1) is 0 Å². The van der Waals surface area contributed by atoms with Crippen LogP contribution in [0.15, 0.2) is 59.7 Å². The molecule has 2 N–H and O–H groups in total. The largest absolute Gasteiger partial charge is 0.484 e. The minimum atomic E-state index is -0.779. The van der Waals surface area contributed by atoms with E-state index in [4.69, 9.17) is 4.74 Å². The second-order valence-corrected chi connectivity index (χ2v) is 6.62. The topological polar surface area (TPSA) is 100 Å². The number of rotatable bonds is 10. The maximum absolute atomic E-state index is 11.9. The molecule has 0 atom stereocenters. The van der Waals surface area contributed by atoms with Crippen molar-refractivity contribution in [2.24, 2.45) is 5.10 Å². The van der Waals surface area contributed by atoms with Crippen LogP contribution in [0.2, 0.25) is 0 Å². The van der Waals surface area contributed by atoms with Crippen molar-refractivity contribution >= 4 is 23.9 Å². The summed E-state index contributed by atoms with van der Waals surface area (Å²) in [6, 6.07) is 16.8. The molecule has 2 aromatic carbocycles. The fourth-order valence-corrected chi connectivity index (χ4v) is 2.71. The summed E-state index contributed by atoms with van der Waals surface area (Å²) in [5.74, 6) is -1.05. The maximum atomic E-state index is 11.9. The Morgan fingerprint density at radius 1 is 1.00 bits per heavy atom. The van der Waals surface area contributed by atoms with E-state index in [0.29, 0.717) is 30.9 Å². The van der Waals surface area contributed by atoms with E-state index in [1.54, 1.807) is 38.1 Å². The van der Waals surface area contributed by atoms with Gasteiger partial charge in [0.1, 0.15) is 5.75 Å². The summed E-state index contributed by atoms with van der Waals surface area (Å²) >= 11 is 0. The highest BCUT2D eigenvalue weighted by Crippen LogP contribution is 2.10. The molecule has 0 bridgehead atoms. The average Bonchev–Trinajstić information content (AvgIpc) is 2.80. The first-order chi connectivity index (χ1) is 15.0. The number of nitrogens with zero attached hydrogens (tertiary/aromatic N) is 2. The van der Waals surface area contributed by atoms with Gasteiger partial charge in [-0.15, -0.1) is 0 Å². The highest BCUT2D eigenvalue weighted by Gasteiger charge is 2.18. The second kappa shape index (κ2) is 12.8. The van der Waals surface area contributed by atoms with Crippen molar-refractivity contribution in [2.75, 3.05) is 26.2 Å². The minimum Gasteiger partial charge on any atom is -0.484 e. The number of hydrogen-bond donors (Lipinski definition) is 2. The number of hydrazone groups is 1. The van der Waals surface area contributed by atoms with Gasteiger partial charge in [-0.25, -0.2) is 5.43 Å². The molecule has 31 heavy (non-hydrogen) atoms. The summed E-state index contributed by atoms with van der Waals surface area (Å²) < 4.78 is 5.47. The van der Waals surface area contributed by atoms with Gasteiger partial charge in [0.05, 0.1) is 6.21 Å². The fraction of sp³-hybridized carbons (Fsp3) is 0.304. The molecule has 3 amide bonds. The van der Waals surface area contributed by atoms with Crippen molar-refractivity contribution in [3.05, 3.63) is 65.7 Å². The summed E-state index contributed by atoms with van der Waals surface area (Å²) in [6.45, 7) is 4.99. The van der Waals surface area contributed by atoms with Crippen molar-refractivity contribution in [1.82, 2.24) is 15.6 Å². The van der Waals surface area contributed by atoms with E-state index >= 15 is 0 Å². The maximum Gasteiger partial charge on any atom is 0.329 e. The highest BCUT2D eigenvalue weighted by atomic mass is 16.5. The molecule has 0 aliphatic carbocycles. The molecule has 0 saturated heterocycles. The minimum absolute atomic E-state index is 0.0776. The molecule has 0 aromatic heterocycles. The molecule has 0 radical (unpaired) electrons. The van der Waals surface area contributed by atoms with Crippen molar-refractivity contribution in [3.63, 3.8) is 0 Å². The first-order valence-corrected chi connectivity index (χ1v) is 10.2. The molecule has 8 nitrogen and oxygen atoms in total. The van der Waals surface area contributed by atoms with Crippen molar-refractivity contribution < 1.29 is 19.1 Å². The van der Waals surface area contributed by atoms with Gasteiger partial charge in [0.2, 0.25) is 0 Å². The van der Waals surface area contributed by atoms with Gasteiger partial charge in [0.15, 0.2) is 6.61 Å². The number of carbonyl (C=O) groups excluding carboxylic acids is 3. The van der Waals surface area contributed by atoms with E-state index < -0.39 is 11.8 Å². The summed E-state index contributed by atoms with van der Waals surface area (Å²) in [7, 11) is 0. The zero-order valence-electron chi connectivity index (χ0n) is 17.8. The molecule has 2 aromatic rings. The predicted octanol–water partition coefficient (Wildman–Crippen LogP) is 1.74. The van der Waals surface area contributed by atoms with Gasteiger partial charge in [0, 0.05) is 19.6 Å². The number of ether oxygens (including phenoxy) is 1. The molecular formula is C23H28N4O4. The quantitative estimate of drug-likeness (QED) is 0.345. The predicted molar refractivity (Wildman–Crippen MR) is 119 cm³/mol. The van der Waals surface area contributed by atoms with Crippen molar-refractivity contribution in [3.8, 4) is 5.75 Å². The molecule has 0 saturated carbocycles. The molecule has 0 fully saturated rings. The first-order valence-electron chi connectivity index (χ1n) is 10.2. The van der Waals surface area contributed by atoms with Crippen LogP contribution in [-0.4, -0.2) is 55.1 Å². The summed E-state index contributed by atoms with van der Waals surface area (Å²) in [5.41, 5.74) is 4.09. The van der Waals surface area contributed by atoms with Crippen molar-refractivity contribution in [2.45, 2.75) is 20.3 Å². The van der Waals surface area contributed by atoms with Gasteiger partial charge in [-0.1, -0.05) is 30.3 Å². The molecule has 0 aliphatic heterocycles. The molecule has 164 valence electrons. The number of likely N-dealkylation sites (N-methyl/N-ethyl adjacent to an activating group) is 1. The van der Waals surface area contributed by atoms with E-state index in [1.165, 1.54) is 11.1 Å². The van der Waals surface area contributed by atoms with Gasteiger partial charge in [-0.2, -0.15) is 5.10 Å². The lowest BCUT2D eigenvalue weighted by atomic mass is 10.1. The van der Waals surface area contributed by atoms with Crippen LogP contribution < -0.4 is 15.5 Å². The highest BCUT2D eigenvalue weighted by molar-refractivity contribution is 6.34. The normalized spacial score (nSPS) is 10.5. The summed E-state index contributed by atoms with van der Waals surface area (Å²) in [5, 5.41) is 6.62. The van der Waals surface area contributed by atoms with Crippen LogP contribution in [0.25, 0.3) is 0 Å². The zero-order chi connectivity index (χ0) is 22.5. The Labute approximate surface area is 182 Å². The van der Waals surface area contributed by atoms with Crippen LogP contribution in [-0.2, 0) is 20.8 Å². The van der Waals surface area contributed by atoms with Gasteiger partial charge < -0.3 is 15.0 Å². The lowest BCUT2D eigenvalue weighted by Crippen LogP contribution is -2.41. The van der Waals surface area contributed by atoms with Crippen LogP contribution in [0.3, 0.4) is 0 Å². The van der Waals surface area contributed by atoms with E-state index in [2.05, 4.69) is 15.8 Å². The molecule has 0 aliphatic rings. The summed E-state index contributed by atoms with van der Waals surface area (Å²) in [6.07, 6.45) is 2.19. The zero-order valence-corrected chi connectivity index (χ0v) is 17.8. The van der Waals surface area contributed by atoms with Crippen LogP contribution in [0.4, 0.5) is 0 Å². The van der Waals surface area contributed by atoms with E-state index in [0.717, 1.165) is 12.0 Å². The number of hydrogen-bond acceptors (Lipinski definition) is 5. The van der Waals surface area contributed by atoms with E-state index in [-0.39, 0.29) is 12.5 Å². The third kappa shape index (κ3) is 8.30. The molecular weight excluding hydrogens is 396 g/mol. The van der Waals surface area contributed by atoms with Crippen molar-refractivity contribution in [1.29, 1.82) is 0 Å². The van der Waals surface area contributed by atoms with Gasteiger partial charge in [-0.05, 0) is 55.7 Å². The summed E-state index contributed by atoms with van der Waals surface area (Å²) in [4.78, 5) is 36.9. The molecule has 0 heterocycles. The Kier molecular flexibility index (Phi) is 9.74. The Morgan fingerprint density at radius 3 is 2.32 bits per heavy atom. The van der Waals surface area contributed by atoms with E-state index in [9.17, 15) is 14.4 Å². The second-order valence-electron chi connectivity index (χ2n) is 6.62. The lowest BCUT2D eigenvalue weighted by Gasteiger charge is -2.16. The Bertz CT molecular complexity index is 878. The van der Waals surface area contributed by atoms with E-state index in [1.807, 2.05) is 30.3 Å². The van der Waals surface area contributed by atoms with Crippen LogP contribution >= 0.6 is 0 Å². The standard InChI is InChI=1S/C23H28N4O4/c1-3-27(4-2)23(30)22(29)26-25-16-19-10-12-20(13-11-19)31-17-21(28)24-15-14-18-8-6-5-7-9-18/h5-13,16H,3-4,14-15,17H2,1-2H3,(H,24,28)(H,26,29)/b25-16-. The monoisotopic (exact) mass is 424 g/mol. The fourth-order valence-electron chi connectivity index (χ4n) is 2.71. The smallest absolute Gasteiger partial charge is 0.329 e. The van der Waals surface area contributed by atoms with Crippen LogP contribution in [0.1, 0.15) is 25.0 Å². The Morgan fingerprint density at radius 2 is 1.68 bits per heavy atom. The van der Waals surface area contributed by atoms with Gasteiger partial charge >= 0.3 is 11.8 Å². The molecule has 0 unspecified atom stereocenters. The van der Waals surface area contributed by atoms with Gasteiger partial charge in [-0.3, -0.25) is 14.4 Å². The molecule has 0 spiro atoms. The molecule has 2 rings (SSSR count). The Balaban J connectivity index is 1.71. The lowest BCUT2D eigenvalue weighted by molar-refractivity contribution is -0.145. The number of amides is 3. The third-order valence-corrected chi connectivity index (χ3v) is 4.45. The van der Waals surface area contributed by atoms with Gasteiger partial charge in [0.25, 0.3) is 5.91 Å².